The fourth-order valence-electron chi connectivity index (χ4n) is 2.03. The van der Waals surface area contributed by atoms with Gasteiger partial charge in [0, 0.05) is 11.8 Å². The molecule has 0 bridgehead atoms. The molecule has 0 aliphatic rings. The zero-order chi connectivity index (χ0) is 13.8. The summed E-state index contributed by atoms with van der Waals surface area (Å²) in [4.78, 5) is 4.40. The van der Waals surface area contributed by atoms with Crippen molar-refractivity contribution in [3.8, 4) is 5.75 Å². The lowest BCUT2D eigenvalue weighted by Crippen LogP contribution is -1.89. The molecule has 19 heavy (non-hydrogen) atoms. The molecule has 2 heteroatoms. The first-order valence-electron chi connectivity index (χ1n) is 6.42. The summed E-state index contributed by atoms with van der Waals surface area (Å²) in [5.74, 6) is 0.318. The number of rotatable bonds is 3. The molecule has 98 valence electrons. The van der Waals surface area contributed by atoms with Crippen LogP contribution in [0.4, 0.5) is 0 Å². The van der Waals surface area contributed by atoms with Crippen molar-refractivity contribution in [1.82, 2.24) is 0 Å². The minimum atomic E-state index is 0.318. The molecule has 0 radical (unpaired) electrons. The Kier molecular flexibility index (Phi) is 4.00. The molecular weight excluding hydrogens is 234 g/mol. The van der Waals surface area contributed by atoms with Gasteiger partial charge in [-0.25, -0.2) is 0 Å². The Labute approximate surface area is 114 Å². The summed E-state index contributed by atoms with van der Waals surface area (Å²) in [6, 6.07) is 12.2. The molecule has 0 heterocycles. The van der Waals surface area contributed by atoms with E-state index in [1.807, 2.05) is 26.0 Å². The molecule has 0 saturated carbocycles. The second-order valence-corrected chi connectivity index (χ2v) is 4.98. The van der Waals surface area contributed by atoms with Gasteiger partial charge >= 0.3 is 0 Å². The average Bonchev–Trinajstić information content (AvgIpc) is 2.37. The largest absolute Gasteiger partial charge is 0.507 e. The van der Waals surface area contributed by atoms with Crippen molar-refractivity contribution in [2.75, 3.05) is 0 Å². The minimum Gasteiger partial charge on any atom is -0.507 e. The van der Waals surface area contributed by atoms with Gasteiger partial charge in [-0.1, -0.05) is 35.9 Å². The fraction of sp³-hybridized carbons (Fsp3) is 0.235. The Hall–Kier alpha value is -2.09. The summed E-state index contributed by atoms with van der Waals surface area (Å²) in [6.45, 7) is 6.62. The van der Waals surface area contributed by atoms with Crippen LogP contribution in [0.1, 0.15) is 27.8 Å². The maximum atomic E-state index is 9.96. The minimum absolute atomic E-state index is 0.318. The third-order valence-corrected chi connectivity index (χ3v) is 3.10. The third kappa shape index (κ3) is 3.44. The van der Waals surface area contributed by atoms with Crippen molar-refractivity contribution >= 4 is 6.21 Å². The normalized spacial score (nSPS) is 11.1. The van der Waals surface area contributed by atoms with Gasteiger partial charge in [0.15, 0.2) is 0 Å². The maximum absolute atomic E-state index is 9.96. The van der Waals surface area contributed by atoms with Crippen molar-refractivity contribution in [1.29, 1.82) is 0 Å². The van der Waals surface area contributed by atoms with Crippen molar-refractivity contribution in [3.05, 3.63) is 64.2 Å². The quantitative estimate of drug-likeness (QED) is 0.826. The predicted molar refractivity (Wildman–Crippen MR) is 80.1 cm³/mol. The summed E-state index contributed by atoms with van der Waals surface area (Å²) >= 11 is 0. The number of phenolic OH excluding ortho intramolecular Hbond substituents is 1. The molecular formula is C17H19NO. The predicted octanol–water partition coefficient (Wildman–Crippen LogP) is 3.94. The van der Waals surface area contributed by atoms with E-state index in [9.17, 15) is 5.11 Å². The molecule has 2 nitrogen and oxygen atoms in total. The fourth-order valence-corrected chi connectivity index (χ4v) is 2.03. The molecule has 2 aromatic rings. The van der Waals surface area contributed by atoms with Gasteiger partial charge in [0.2, 0.25) is 0 Å². The van der Waals surface area contributed by atoms with Crippen LogP contribution in [0.5, 0.6) is 5.75 Å². The first-order chi connectivity index (χ1) is 9.06. The zero-order valence-corrected chi connectivity index (χ0v) is 11.6. The summed E-state index contributed by atoms with van der Waals surface area (Å²) in [5.41, 5.74) is 5.22. The van der Waals surface area contributed by atoms with E-state index in [1.54, 1.807) is 6.21 Å². The van der Waals surface area contributed by atoms with Crippen molar-refractivity contribution < 1.29 is 5.11 Å². The molecule has 0 spiro atoms. The molecule has 2 rings (SSSR count). The van der Waals surface area contributed by atoms with E-state index in [0.717, 1.165) is 16.7 Å². The number of aliphatic imine (C=N–C) groups is 1. The molecule has 0 unspecified atom stereocenters. The lowest BCUT2D eigenvalue weighted by Gasteiger charge is -2.04. The van der Waals surface area contributed by atoms with Gasteiger partial charge < -0.3 is 5.11 Å². The van der Waals surface area contributed by atoms with E-state index < -0.39 is 0 Å². The SMILES string of the molecule is Cc1ccc(CN=Cc2cc(C)cc(C)c2O)cc1. The van der Waals surface area contributed by atoms with Gasteiger partial charge in [0.05, 0.1) is 6.54 Å². The van der Waals surface area contributed by atoms with Gasteiger partial charge in [0.25, 0.3) is 0 Å². The van der Waals surface area contributed by atoms with Crippen LogP contribution in [0.2, 0.25) is 0 Å². The van der Waals surface area contributed by atoms with E-state index in [1.165, 1.54) is 11.1 Å². The average molecular weight is 253 g/mol. The number of nitrogens with zero attached hydrogens (tertiary/aromatic N) is 1. The van der Waals surface area contributed by atoms with Crippen LogP contribution in [0.3, 0.4) is 0 Å². The lowest BCUT2D eigenvalue weighted by molar-refractivity contribution is 0.470. The third-order valence-electron chi connectivity index (χ3n) is 3.10. The Morgan fingerprint density at radius 3 is 2.37 bits per heavy atom. The molecule has 2 aromatic carbocycles. The summed E-state index contributed by atoms with van der Waals surface area (Å²) in [5, 5.41) is 9.96. The summed E-state index contributed by atoms with van der Waals surface area (Å²) < 4.78 is 0. The Morgan fingerprint density at radius 1 is 1.00 bits per heavy atom. The molecule has 0 saturated heterocycles. The monoisotopic (exact) mass is 253 g/mol. The number of aryl methyl sites for hydroxylation is 3. The van der Waals surface area contributed by atoms with Crippen LogP contribution in [0.25, 0.3) is 0 Å². The van der Waals surface area contributed by atoms with E-state index in [-0.39, 0.29) is 0 Å². The van der Waals surface area contributed by atoms with Crippen LogP contribution in [0.15, 0.2) is 41.4 Å². The number of phenols is 1. The van der Waals surface area contributed by atoms with Crippen LogP contribution in [-0.2, 0) is 6.54 Å². The number of hydrogen-bond acceptors (Lipinski definition) is 2. The van der Waals surface area contributed by atoms with Gasteiger partial charge in [-0.2, -0.15) is 0 Å². The van der Waals surface area contributed by atoms with E-state index >= 15 is 0 Å². The highest BCUT2D eigenvalue weighted by molar-refractivity contribution is 5.84. The highest BCUT2D eigenvalue weighted by atomic mass is 16.3. The Bertz CT molecular complexity index is 597. The van der Waals surface area contributed by atoms with Gasteiger partial charge in [0.1, 0.15) is 5.75 Å². The highest BCUT2D eigenvalue weighted by Gasteiger charge is 2.02. The summed E-state index contributed by atoms with van der Waals surface area (Å²) in [6.07, 6.45) is 1.75. The standard InChI is InChI=1S/C17H19NO/c1-12-4-6-15(7-5-12)10-18-11-16-9-13(2)8-14(3)17(16)19/h4-9,11,19H,10H2,1-3H3. The van der Waals surface area contributed by atoms with Gasteiger partial charge in [-0.15, -0.1) is 0 Å². The first-order valence-corrected chi connectivity index (χ1v) is 6.42. The number of hydrogen-bond donors (Lipinski definition) is 1. The highest BCUT2D eigenvalue weighted by Crippen LogP contribution is 2.22. The topological polar surface area (TPSA) is 32.6 Å². The molecule has 0 aliphatic carbocycles. The smallest absolute Gasteiger partial charge is 0.127 e. The summed E-state index contributed by atoms with van der Waals surface area (Å²) in [7, 11) is 0. The van der Waals surface area contributed by atoms with Crippen LogP contribution < -0.4 is 0 Å². The zero-order valence-electron chi connectivity index (χ0n) is 11.6. The van der Waals surface area contributed by atoms with Crippen molar-refractivity contribution in [2.45, 2.75) is 27.3 Å². The number of aromatic hydroxyl groups is 1. The second-order valence-electron chi connectivity index (χ2n) is 4.98. The second kappa shape index (κ2) is 5.70. The molecule has 1 N–H and O–H groups in total. The van der Waals surface area contributed by atoms with Crippen LogP contribution >= 0.6 is 0 Å². The van der Waals surface area contributed by atoms with Crippen LogP contribution in [-0.4, -0.2) is 11.3 Å². The Balaban J connectivity index is 2.13. The molecule has 0 aromatic heterocycles. The van der Waals surface area contributed by atoms with Crippen LogP contribution in [0, 0.1) is 20.8 Å². The van der Waals surface area contributed by atoms with Crippen molar-refractivity contribution in [3.63, 3.8) is 0 Å². The van der Waals surface area contributed by atoms with E-state index in [0.29, 0.717) is 12.3 Å². The number of benzene rings is 2. The lowest BCUT2D eigenvalue weighted by atomic mass is 10.1. The molecule has 0 aliphatic heterocycles. The Morgan fingerprint density at radius 2 is 1.68 bits per heavy atom. The maximum Gasteiger partial charge on any atom is 0.127 e. The van der Waals surface area contributed by atoms with E-state index in [4.69, 9.17) is 0 Å². The molecule has 0 atom stereocenters. The van der Waals surface area contributed by atoms with Crippen molar-refractivity contribution in [2.24, 2.45) is 4.99 Å². The first kappa shape index (κ1) is 13.3. The van der Waals surface area contributed by atoms with E-state index in [2.05, 4.69) is 36.2 Å². The molecule has 0 amide bonds. The molecule has 0 fully saturated rings. The van der Waals surface area contributed by atoms with Gasteiger partial charge in [-0.3, -0.25) is 4.99 Å². The van der Waals surface area contributed by atoms with Gasteiger partial charge in [-0.05, 0) is 43.5 Å².